The number of carbonyl (C=O) groups is 1. The van der Waals surface area contributed by atoms with Crippen molar-refractivity contribution >= 4 is 41.5 Å². The predicted octanol–water partition coefficient (Wildman–Crippen LogP) is 3.40. The topological polar surface area (TPSA) is 84.0 Å². The van der Waals surface area contributed by atoms with Gasteiger partial charge in [-0.3, -0.25) is 9.79 Å². The molecule has 1 amide bonds. The number of hydrogen-bond acceptors (Lipinski definition) is 4. The molecule has 0 aliphatic rings. The van der Waals surface area contributed by atoms with E-state index in [1.54, 1.807) is 6.07 Å². The zero-order chi connectivity index (χ0) is 19.7. The van der Waals surface area contributed by atoms with Gasteiger partial charge in [-0.1, -0.05) is 19.4 Å². The number of amides is 1. The molecule has 28 heavy (non-hydrogen) atoms. The summed E-state index contributed by atoms with van der Waals surface area (Å²) in [5.74, 6) is 1.40. The maximum Gasteiger partial charge on any atom is 0.221 e. The Bertz CT molecular complexity index is 570. The van der Waals surface area contributed by atoms with E-state index in [1.165, 1.54) is 6.92 Å². The van der Waals surface area contributed by atoms with Crippen LogP contribution >= 0.6 is 24.0 Å². The molecule has 7 nitrogen and oxygen atoms in total. The molecular formula is C20H35IN4O3. The van der Waals surface area contributed by atoms with Gasteiger partial charge in [0.05, 0.1) is 6.54 Å². The maximum absolute atomic E-state index is 11.1. The summed E-state index contributed by atoms with van der Waals surface area (Å²) >= 11 is 0. The van der Waals surface area contributed by atoms with Crippen molar-refractivity contribution in [3.8, 4) is 5.75 Å². The molecule has 8 heteroatoms. The van der Waals surface area contributed by atoms with Crippen LogP contribution in [0.4, 0.5) is 5.69 Å². The zero-order valence-electron chi connectivity index (χ0n) is 17.3. The van der Waals surface area contributed by atoms with E-state index in [1.807, 2.05) is 25.1 Å². The van der Waals surface area contributed by atoms with Crippen LogP contribution in [0.1, 0.15) is 40.0 Å². The van der Waals surface area contributed by atoms with E-state index in [-0.39, 0.29) is 29.9 Å². The lowest BCUT2D eigenvalue weighted by Gasteiger charge is -2.12. The number of nitrogens with one attached hydrogen (secondary N) is 3. The number of guanidine groups is 1. The fraction of sp³-hybridized carbons (Fsp3) is 0.600. The molecule has 0 atom stereocenters. The Morgan fingerprint density at radius 2 is 1.89 bits per heavy atom. The Labute approximate surface area is 186 Å². The van der Waals surface area contributed by atoms with Crippen LogP contribution in [0.15, 0.2) is 29.3 Å². The zero-order valence-corrected chi connectivity index (χ0v) is 19.6. The number of nitrogens with zero attached hydrogens (tertiary/aromatic N) is 1. The SMILES string of the molecule is CCCCOCCCN=C(NCC)NCCOc1cccc(NC(C)=O)c1.I. The van der Waals surface area contributed by atoms with E-state index < -0.39 is 0 Å². The van der Waals surface area contributed by atoms with Crippen molar-refractivity contribution in [3.63, 3.8) is 0 Å². The van der Waals surface area contributed by atoms with Gasteiger partial charge in [0.1, 0.15) is 12.4 Å². The molecule has 0 aliphatic heterocycles. The van der Waals surface area contributed by atoms with Crippen LogP contribution < -0.4 is 20.7 Å². The molecule has 0 spiro atoms. The van der Waals surface area contributed by atoms with E-state index in [2.05, 4.69) is 27.9 Å². The molecule has 0 fully saturated rings. The van der Waals surface area contributed by atoms with Gasteiger partial charge in [0.15, 0.2) is 5.96 Å². The van der Waals surface area contributed by atoms with Crippen LogP contribution in [0, 0.1) is 0 Å². The highest BCUT2D eigenvalue weighted by Gasteiger charge is 2.00. The number of rotatable bonds is 13. The largest absolute Gasteiger partial charge is 0.492 e. The third kappa shape index (κ3) is 13.6. The number of aliphatic imine (C=N–C) groups is 1. The van der Waals surface area contributed by atoms with Crippen molar-refractivity contribution in [2.75, 3.05) is 44.8 Å². The van der Waals surface area contributed by atoms with Crippen molar-refractivity contribution < 1.29 is 14.3 Å². The normalized spacial score (nSPS) is 10.8. The fourth-order valence-electron chi connectivity index (χ4n) is 2.25. The summed E-state index contributed by atoms with van der Waals surface area (Å²) in [4.78, 5) is 15.6. The van der Waals surface area contributed by atoms with E-state index in [9.17, 15) is 4.79 Å². The fourth-order valence-corrected chi connectivity index (χ4v) is 2.25. The van der Waals surface area contributed by atoms with Crippen LogP contribution in [0.3, 0.4) is 0 Å². The van der Waals surface area contributed by atoms with Crippen molar-refractivity contribution in [2.24, 2.45) is 4.99 Å². The molecule has 1 rings (SSSR count). The molecule has 0 aliphatic carbocycles. The van der Waals surface area contributed by atoms with Gasteiger partial charge in [-0.05, 0) is 31.9 Å². The van der Waals surface area contributed by atoms with Gasteiger partial charge in [-0.25, -0.2) is 0 Å². The second-order valence-corrected chi connectivity index (χ2v) is 6.06. The number of unbranched alkanes of at least 4 members (excludes halogenated alkanes) is 1. The number of benzene rings is 1. The molecule has 0 aromatic heterocycles. The van der Waals surface area contributed by atoms with Gasteiger partial charge in [-0.15, -0.1) is 24.0 Å². The number of hydrogen-bond donors (Lipinski definition) is 3. The molecule has 3 N–H and O–H groups in total. The second-order valence-electron chi connectivity index (χ2n) is 6.06. The quantitative estimate of drug-likeness (QED) is 0.165. The van der Waals surface area contributed by atoms with Crippen molar-refractivity contribution in [1.82, 2.24) is 10.6 Å². The van der Waals surface area contributed by atoms with Crippen LogP contribution in [-0.2, 0) is 9.53 Å². The van der Waals surface area contributed by atoms with Crippen molar-refractivity contribution in [1.29, 1.82) is 0 Å². The third-order valence-electron chi connectivity index (χ3n) is 3.52. The van der Waals surface area contributed by atoms with Crippen LogP contribution in [-0.4, -0.2) is 51.3 Å². The molecule has 0 bridgehead atoms. The maximum atomic E-state index is 11.1. The summed E-state index contributed by atoms with van der Waals surface area (Å²) in [5.41, 5.74) is 0.726. The highest BCUT2D eigenvalue weighted by Crippen LogP contribution is 2.16. The summed E-state index contributed by atoms with van der Waals surface area (Å²) in [6.45, 7) is 9.91. The van der Waals surface area contributed by atoms with Crippen LogP contribution in [0.25, 0.3) is 0 Å². The first-order chi connectivity index (χ1) is 13.2. The van der Waals surface area contributed by atoms with Gasteiger partial charge in [0.2, 0.25) is 5.91 Å². The monoisotopic (exact) mass is 506 g/mol. The molecule has 0 saturated heterocycles. The molecule has 0 heterocycles. The lowest BCUT2D eigenvalue weighted by molar-refractivity contribution is -0.114. The molecule has 1 aromatic carbocycles. The Hall–Kier alpha value is -1.55. The Balaban J connectivity index is 0.00000729. The van der Waals surface area contributed by atoms with E-state index in [4.69, 9.17) is 9.47 Å². The Kier molecular flexibility index (Phi) is 16.6. The van der Waals surface area contributed by atoms with E-state index in [0.717, 1.165) is 57.2 Å². The van der Waals surface area contributed by atoms with Crippen LogP contribution in [0.2, 0.25) is 0 Å². The Morgan fingerprint density at radius 1 is 1.11 bits per heavy atom. The lowest BCUT2D eigenvalue weighted by Crippen LogP contribution is -2.39. The van der Waals surface area contributed by atoms with Gasteiger partial charge in [-0.2, -0.15) is 0 Å². The molecule has 0 saturated carbocycles. The van der Waals surface area contributed by atoms with Crippen molar-refractivity contribution in [3.05, 3.63) is 24.3 Å². The third-order valence-corrected chi connectivity index (χ3v) is 3.52. The highest BCUT2D eigenvalue weighted by molar-refractivity contribution is 14.0. The molecule has 0 radical (unpaired) electrons. The summed E-state index contributed by atoms with van der Waals surface area (Å²) in [7, 11) is 0. The van der Waals surface area contributed by atoms with Gasteiger partial charge < -0.3 is 25.4 Å². The molecule has 1 aromatic rings. The van der Waals surface area contributed by atoms with Crippen molar-refractivity contribution in [2.45, 2.75) is 40.0 Å². The second kappa shape index (κ2) is 17.5. The van der Waals surface area contributed by atoms with E-state index >= 15 is 0 Å². The first-order valence-electron chi connectivity index (χ1n) is 9.76. The average Bonchev–Trinajstić information content (AvgIpc) is 2.64. The molecule has 0 unspecified atom stereocenters. The predicted molar refractivity (Wildman–Crippen MR) is 126 cm³/mol. The first kappa shape index (κ1) is 26.4. The van der Waals surface area contributed by atoms with Gasteiger partial charge >= 0.3 is 0 Å². The number of ether oxygens (including phenoxy) is 2. The molecular weight excluding hydrogens is 471 g/mol. The Morgan fingerprint density at radius 3 is 2.61 bits per heavy atom. The van der Waals surface area contributed by atoms with Gasteiger partial charge in [0, 0.05) is 45.0 Å². The van der Waals surface area contributed by atoms with Gasteiger partial charge in [0.25, 0.3) is 0 Å². The number of halogens is 1. The minimum Gasteiger partial charge on any atom is -0.492 e. The summed E-state index contributed by atoms with van der Waals surface area (Å²) in [5, 5.41) is 9.21. The molecule has 160 valence electrons. The minimum atomic E-state index is -0.101. The highest BCUT2D eigenvalue weighted by atomic mass is 127. The standard InChI is InChI=1S/C20H34N4O3.HI/c1-4-6-13-26-14-8-11-22-20(21-5-2)23-12-15-27-19-10-7-9-18(16-19)24-17(3)25;/h7,9-10,16H,4-6,8,11-15H2,1-3H3,(H,24,25)(H2,21,22,23);1H. The number of anilines is 1. The first-order valence-corrected chi connectivity index (χ1v) is 9.76. The van der Waals surface area contributed by atoms with E-state index in [0.29, 0.717) is 18.9 Å². The smallest absolute Gasteiger partial charge is 0.221 e. The summed E-state index contributed by atoms with van der Waals surface area (Å²) in [6.07, 6.45) is 3.18. The lowest BCUT2D eigenvalue weighted by atomic mass is 10.3. The number of carbonyl (C=O) groups excluding carboxylic acids is 1. The van der Waals surface area contributed by atoms with Crippen LogP contribution in [0.5, 0.6) is 5.75 Å². The minimum absolute atomic E-state index is 0. The summed E-state index contributed by atoms with van der Waals surface area (Å²) in [6, 6.07) is 7.35. The summed E-state index contributed by atoms with van der Waals surface area (Å²) < 4.78 is 11.3. The average molecular weight is 506 g/mol.